The van der Waals surface area contributed by atoms with Gasteiger partial charge in [-0.3, -0.25) is 4.98 Å². The number of quaternary nitrogens is 1. The number of hydrogen-bond donors (Lipinski definition) is 1. The maximum Gasteiger partial charge on any atom is 0.131 e. The van der Waals surface area contributed by atoms with Crippen LogP contribution in [0.15, 0.2) is 48.8 Å². The van der Waals surface area contributed by atoms with E-state index in [-0.39, 0.29) is 6.04 Å². The molecule has 3 nitrogen and oxygen atoms in total. The second-order valence-electron chi connectivity index (χ2n) is 4.92. The van der Waals surface area contributed by atoms with Gasteiger partial charge >= 0.3 is 0 Å². The van der Waals surface area contributed by atoms with E-state index in [0.29, 0.717) is 0 Å². The van der Waals surface area contributed by atoms with Gasteiger partial charge in [0, 0.05) is 28.6 Å². The highest BCUT2D eigenvalue weighted by Crippen LogP contribution is 2.32. The molecule has 2 heterocycles. The maximum atomic E-state index is 5.98. The molecule has 2 atom stereocenters. The SMILES string of the molecule is CC1[N-][NH+](C)C(c2ccc(Cl)cc2)=C1c1ccncc1. The van der Waals surface area contributed by atoms with Gasteiger partial charge in [-0.15, -0.1) is 0 Å². The summed E-state index contributed by atoms with van der Waals surface area (Å²) in [4.78, 5) is 4.09. The molecule has 0 bridgehead atoms. The first-order valence-corrected chi connectivity index (χ1v) is 7.00. The average Bonchev–Trinajstić information content (AvgIpc) is 2.75. The third kappa shape index (κ3) is 2.36. The molecule has 1 aromatic heterocycles. The predicted molar refractivity (Wildman–Crippen MR) is 82.2 cm³/mol. The van der Waals surface area contributed by atoms with Crippen molar-refractivity contribution in [2.75, 3.05) is 7.05 Å². The summed E-state index contributed by atoms with van der Waals surface area (Å²) in [5.74, 6) is 0. The number of hydrogen-bond acceptors (Lipinski definition) is 1. The second kappa shape index (κ2) is 5.37. The smallest absolute Gasteiger partial charge is 0.131 e. The van der Waals surface area contributed by atoms with Gasteiger partial charge in [-0.05, 0) is 42.0 Å². The summed E-state index contributed by atoms with van der Waals surface area (Å²) in [7, 11) is 2.06. The van der Waals surface area contributed by atoms with E-state index in [1.165, 1.54) is 16.8 Å². The van der Waals surface area contributed by atoms with Crippen LogP contribution in [0.5, 0.6) is 0 Å². The van der Waals surface area contributed by atoms with Crippen LogP contribution in [0.4, 0.5) is 0 Å². The number of benzene rings is 1. The van der Waals surface area contributed by atoms with E-state index in [0.717, 1.165) is 15.6 Å². The highest BCUT2D eigenvalue weighted by atomic mass is 35.5. The van der Waals surface area contributed by atoms with Gasteiger partial charge in [-0.2, -0.15) is 0 Å². The molecule has 0 radical (unpaired) electrons. The Kier molecular flexibility index (Phi) is 3.57. The van der Waals surface area contributed by atoms with Crippen LogP contribution in [0.1, 0.15) is 18.1 Å². The molecule has 1 aliphatic heterocycles. The molecule has 0 saturated heterocycles. The van der Waals surface area contributed by atoms with Gasteiger partial charge in [0.05, 0.1) is 7.05 Å². The van der Waals surface area contributed by atoms with E-state index in [4.69, 9.17) is 17.0 Å². The molecule has 0 spiro atoms. The van der Waals surface area contributed by atoms with Gasteiger partial charge in [0.1, 0.15) is 5.70 Å². The quantitative estimate of drug-likeness (QED) is 0.904. The van der Waals surface area contributed by atoms with E-state index in [2.05, 4.69) is 31.1 Å². The van der Waals surface area contributed by atoms with Gasteiger partial charge in [0.2, 0.25) is 0 Å². The fraction of sp³-hybridized carbons (Fsp3) is 0.188. The minimum atomic E-state index is 0.170. The lowest BCUT2D eigenvalue weighted by Gasteiger charge is -2.23. The fourth-order valence-electron chi connectivity index (χ4n) is 2.72. The number of pyridine rings is 1. The van der Waals surface area contributed by atoms with Crippen LogP contribution >= 0.6 is 11.6 Å². The Balaban J connectivity index is 2.16. The summed E-state index contributed by atoms with van der Waals surface area (Å²) in [6.07, 6.45) is 3.64. The van der Waals surface area contributed by atoms with E-state index in [9.17, 15) is 0 Å². The molecule has 1 aliphatic rings. The summed E-state index contributed by atoms with van der Waals surface area (Å²) in [5, 5.41) is 1.83. The first-order valence-electron chi connectivity index (χ1n) is 6.62. The van der Waals surface area contributed by atoms with Crippen LogP contribution in [0.3, 0.4) is 0 Å². The molecule has 102 valence electrons. The van der Waals surface area contributed by atoms with Crippen molar-refractivity contribution in [1.29, 1.82) is 0 Å². The Morgan fingerprint density at radius 3 is 2.35 bits per heavy atom. The minimum Gasteiger partial charge on any atom is -0.442 e. The highest BCUT2D eigenvalue weighted by Gasteiger charge is 2.25. The van der Waals surface area contributed by atoms with E-state index < -0.39 is 0 Å². The number of nitrogens with zero attached hydrogens (tertiary/aromatic N) is 2. The molecule has 0 aliphatic carbocycles. The van der Waals surface area contributed by atoms with Crippen LogP contribution in [-0.2, 0) is 0 Å². The molecule has 0 fully saturated rings. The Hall–Kier alpha value is -1.68. The molecule has 1 aromatic carbocycles. The molecule has 2 aromatic rings. The van der Waals surface area contributed by atoms with E-state index >= 15 is 0 Å². The number of halogens is 1. The second-order valence-corrected chi connectivity index (χ2v) is 5.36. The normalized spacial score (nSPS) is 22.4. The van der Waals surface area contributed by atoms with E-state index in [1.54, 1.807) is 0 Å². The van der Waals surface area contributed by atoms with Crippen LogP contribution in [0.25, 0.3) is 16.7 Å². The van der Waals surface area contributed by atoms with Crippen molar-refractivity contribution in [1.82, 2.24) is 4.98 Å². The molecular formula is C16H16ClN3. The lowest BCUT2D eigenvalue weighted by Crippen LogP contribution is -3.00. The monoisotopic (exact) mass is 285 g/mol. The summed E-state index contributed by atoms with van der Waals surface area (Å²) < 4.78 is 0. The van der Waals surface area contributed by atoms with Gasteiger partial charge in [0.25, 0.3) is 0 Å². The minimum absolute atomic E-state index is 0.170. The maximum absolute atomic E-state index is 5.98. The Morgan fingerprint density at radius 2 is 1.70 bits per heavy atom. The standard InChI is InChI=1S/C16H16ClN3/c1-11-15(12-7-9-18-10-8-12)16(20(2)19-11)13-3-5-14(17)6-4-13/h3-11,20H,1-2H3. The van der Waals surface area contributed by atoms with Crippen molar-refractivity contribution in [3.63, 3.8) is 0 Å². The Morgan fingerprint density at radius 1 is 1.05 bits per heavy atom. The molecule has 3 rings (SSSR count). The highest BCUT2D eigenvalue weighted by molar-refractivity contribution is 6.30. The first kappa shape index (κ1) is 13.3. The van der Waals surface area contributed by atoms with Crippen molar-refractivity contribution in [2.24, 2.45) is 0 Å². The number of nitrogens with one attached hydrogen (secondary N) is 1. The zero-order valence-electron chi connectivity index (χ0n) is 11.5. The van der Waals surface area contributed by atoms with Crippen molar-refractivity contribution in [3.8, 4) is 0 Å². The van der Waals surface area contributed by atoms with Crippen LogP contribution in [-0.4, -0.2) is 18.1 Å². The van der Waals surface area contributed by atoms with Gasteiger partial charge in [0.15, 0.2) is 0 Å². The molecule has 0 saturated carbocycles. The van der Waals surface area contributed by atoms with Crippen molar-refractivity contribution < 1.29 is 5.01 Å². The third-order valence-electron chi connectivity index (χ3n) is 3.56. The van der Waals surface area contributed by atoms with E-state index in [1.807, 2.05) is 36.7 Å². The lowest BCUT2D eigenvalue weighted by atomic mass is 9.97. The summed E-state index contributed by atoms with van der Waals surface area (Å²) in [6.45, 7) is 2.13. The molecule has 20 heavy (non-hydrogen) atoms. The summed E-state index contributed by atoms with van der Waals surface area (Å²) in [6, 6.07) is 12.2. The molecule has 0 amide bonds. The largest absolute Gasteiger partial charge is 0.442 e. The fourth-order valence-corrected chi connectivity index (χ4v) is 2.85. The van der Waals surface area contributed by atoms with Gasteiger partial charge in [-0.1, -0.05) is 24.6 Å². The van der Waals surface area contributed by atoms with Gasteiger partial charge in [-0.25, -0.2) is 0 Å². The molecule has 2 unspecified atom stereocenters. The summed E-state index contributed by atoms with van der Waals surface area (Å²) >= 11 is 5.98. The van der Waals surface area contributed by atoms with Crippen LogP contribution in [0, 0.1) is 0 Å². The lowest BCUT2D eigenvalue weighted by molar-refractivity contribution is -0.757. The number of rotatable bonds is 2. The van der Waals surface area contributed by atoms with Crippen molar-refractivity contribution >= 4 is 22.9 Å². The zero-order chi connectivity index (χ0) is 14.1. The summed E-state index contributed by atoms with van der Waals surface area (Å²) in [5.41, 5.74) is 9.52. The van der Waals surface area contributed by atoms with Gasteiger partial charge < -0.3 is 10.4 Å². The van der Waals surface area contributed by atoms with Crippen molar-refractivity contribution in [2.45, 2.75) is 13.0 Å². The zero-order valence-corrected chi connectivity index (χ0v) is 12.2. The predicted octanol–water partition coefficient (Wildman–Crippen LogP) is 2.81. The van der Waals surface area contributed by atoms with Crippen LogP contribution < -0.4 is 5.01 Å². The Bertz CT molecular complexity index is 635. The first-order chi connectivity index (χ1) is 9.66. The average molecular weight is 286 g/mol. The number of aromatic nitrogens is 1. The molecule has 1 N–H and O–H groups in total. The molecule has 4 heteroatoms. The Labute approximate surface area is 123 Å². The topological polar surface area (TPSA) is 31.4 Å². The molecular weight excluding hydrogens is 270 g/mol. The van der Waals surface area contributed by atoms with Crippen LogP contribution in [0.2, 0.25) is 5.02 Å². The third-order valence-corrected chi connectivity index (χ3v) is 3.81. The van der Waals surface area contributed by atoms with Crippen molar-refractivity contribution in [3.05, 3.63) is 70.4 Å².